The predicted molar refractivity (Wildman–Crippen MR) is 110 cm³/mol. The van der Waals surface area contributed by atoms with E-state index in [-0.39, 0.29) is 35.1 Å². The Morgan fingerprint density at radius 1 is 1.20 bits per heavy atom. The number of aliphatic hydroxyl groups is 1. The number of nitrogens with zero attached hydrogens (tertiary/aromatic N) is 1. The van der Waals surface area contributed by atoms with Crippen molar-refractivity contribution in [3.8, 4) is 5.75 Å². The molecule has 1 aliphatic rings. The van der Waals surface area contributed by atoms with E-state index in [1.54, 1.807) is 12.1 Å². The molecule has 1 fully saturated rings. The monoisotopic (exact) mass is 433 g/mol. The van der Waals surface area contributed by atoms with Gasteiger partial charge in [0.1, 0.15) is 17.3 Å². The molecule has 0 radical (unpaired) electrons. The van der Waals surface area contributed by atoms with Crippen molar-refractivity contribution in [3.05, 3.63) is 70.0 Å². The number of amides is 1. The second-order valence-corrected chi connectivity index (χ2v) is 7.02. The van der Waals surface area contributed by atoms with Crippen molar-refractivity contribution in [1.82, 2.24) is 4.90 Å². The van der Waals surface area contributed by atoms with Gasteiger partial charge in [-0.05, 0) is 42.8 Å². The van der Waals surface area contributed by atoms with Crippen LogP contribution in [0, 0.1) is 5.82 Å². The molecule has 1 heterocycles. The zero-order valence-electron chi connectivity index (χ0n) is 16.5. The van der Waals surface area contributed by atoms with Gasteiger partial charge < -0.3 is 19.5 Å². The highest BCUT2D eigenvalue weighted by atomic mass is 35.5. The van der Waals surface area contributed by atoms with Crippen LogP contribution in [0.5, 0.6) is 5.75 Å². The van der Waals surface area contributed by atoms with Gasteiger partial charge in [0, 0.05) is 19.2 Å². The van der Waals surface area contributed by atoms with Gasteiger partial charge in [0.2, 0.25) is 0 Å². The van der Waals surface area contributed by atoms with Gasteiger partial charge in [-0.25, -0.2) is 4.39 Å². The topological polar surface area (TPSA) is 76.1 Å². The van der Waals surface area contributed by atoms with E-state index in [1.165, 1.54) is 42.3 Å². The molecule has 1 atom stereocenters. The Bertz CT molecular complexity index is 990. The largest absolute Gasteiger partial charge is 0.507 e. The van der Waals surface area contributed by atoms with Gasteiger partial charge in [-0.2, -0.15) is 0 Å². The van der Waals surface area contributed by atoms with E-state index < -0.39 is 23.5 Å². The summed E-state index contributed by atoms with van der Waals surface area (Å²) >= 11 is 6.21. The fourth-order valence-corrected chi connectivity index (χ4v) is 3.60. The lowest BCUT2D eigenvalue weighted by Crippen LogP contribution is -2.32. The first-order chi connectivity index (χ1) is 14.4. The number of aliphatic hydroxyl groups excluding tert-OH is 1. The summed E-state index contributed by atoms with van der Waals surface area (Å²) in [5.41, 5.74) is 0.661. The van der Waals surface area contributed by atoms with E-state index >= 15 is 0 Å². The van der Waals surface area contributed by atoms with Crippen LogP contribution >= 0.6 is 11.6 Å². The third-order valence-corrected chi connectivity index (χ3v) is 5.06. The number of rotatable bonds is 7. The second kappa shape index (κ2) is 9.28. The standard InChI is InChI=1S/C22H21ClFNO5/c1-3-30-17-9-6-14(12-16(17)23)20(26)18-19(13-4-7-15(24)8-5-13)25(10-11-29-2)22(28)21(18)27/h4-9,12,19,26H,3,10-11H2,1-2H3/b20-18-. The first-order valence-corrected chi connectivity index (χ1v) is 9.72. The number of hydrogen-bond donors (Lipinski definition) is 1. The minimum atomic E-state index is -0.883. The van der Waals surface area contributed by atoms with Crippen LogP contribution in [-0.2, 0) is 14.3 Å². The van der Waals surface area contributed by atoms with Crippen molar-refractivity contribution in [2.45, 2.75) is 13.0 Å². The predicted octanol–water partition coefficient (Wildman–Crippen LogP) is 3.95. The van der Waals surface area contributed by atoms with Gasteiger partial charge in [0.05, 0.1) is 29.9 Å². The summed E-state index contributed by atoms with van der Waals surface area (Å²) in [6, 6.07) is 9.14. The highest BCUT2D eigenvalue weighted by Gasteiger charge is 2.45. The Morgan fingerprint density at radius 3 is 2.50 bits per heavy atom. The highest BCUT2D eigenvalue weighted by molar-refractivity contribution is 6.46. The van der Waals surface area contributed by atoms with E-state index in [1.807, 2.05) is 6.92 Å². The average Bonchev–Trinajstić information content (AvgIpc) is 2.98. The van der Waals surface area contributed by atoms with Gasteiger partial charge in [-0.1, -0.05) is 23.7 Å². The molecule has 1 unspecified atom stereocenters. The molecular weight excluding hydrogens is 413 g/mol. The van der Waals surface area contributed by atoms with Crippen molar-refractivity contribution in [2.24, 2.45) is 0 Å². The van der Waals surface area contributed by atoms with Crippen molar-refractivity contribution >= 4 is 29.1 Å². The van der Waals surface area contributed by atoms with Crippen LogP contribution < -0.4 is 4.74 Å². The Balaban J connectivity index is 2.13. The summed E-state index contributed by atoms with van der Waals surface area (Å²) in [4.78, 5) is 26.8. The molecule has 30 heavy (non-hydrogen) atoms. The Hall–Kier alpha value is -2.90. The number of likely N-dealkylation sites (tertiary alicyclic amines) is 1. The minimum absolute atomic E-state index is 0.0945. The second-order valence-electron chi connectivity index (χ2n) is 6.62. The number of Topliss-reactive ketones (excluding diaryl/α,β-unsaturated/α-hetero) is 1. The number of methoxy groups -OCH3 is 1. The summed E-state index contributed by atoms with van der Waals surface area (Å²) in [7, 11) is 1.48. The molecule has 2 aromatic carbocycles. The molecule has 158 valence electrons. The Morgan fingerprint density at radius 2 is 1.90 bits per heavy atom. The molecule has 1 saturated heterocycles. The third-order valence-electron chi connectivity index (χ3n) is 4.77. The molecule has 0 aliphatic carbocycles. The number of carbonyl (C=O) groups excluding carboxylic acids is 2. The molecule has 1 amide bonds. The van der Waals surface area contributed by atoms with Crippen LogP contribution in [0.15, 0.2) is 48.0 Å². The van der Waals surface area contributed by atoms with Gasteiger partial charge in [0.15, 0.2) is 0 Å². The van der Waals surface area contributed by atoms with E-state index in [0.717, 1.165) is 0 Å². The van der Waals surface area contributed by atoms with E-state index in [2.05, 4.69) is 0 Å². The summed E-state index contributed by atoms with van der Waals surface area (Å²) in [6.45, 7) is 2.55. The molecule has 0 aromatic heterocycles. The molecule has 1 N–H and O–H groups in total. The summed E-state index contributed by atoms with van der Waals surface area (Å²) in [6.07, 6.45) is 0. The van der Waals surface area contributed by atoms with Gasteiger partial charge in [0.25, 0.3) is 11.7 Å². The maximum atomic E-state index is 13.4. The number of hydrogen-bond acceptors (Lipinski definition) is 5. The normalized spacial score (nSPS) is 18.1. The van der Waals surface area contributed by atoms with Gasteiger partial charge in [-0.15, -0.1) is 0 Å². The fraction of sp³-hybridized carbons (Fsp3) is 0.273. The molecule has 0 spiro atoms. The quantitative estimate of drug-likeness (QED) is 0.406. The van der Waals surface area contributed by atoms with E-state index in [4.69, 9.17) is 21.1 Å². The van der Waals surface area contributed by atoms with Crippen LogP contribution in [0.4, 0.5) is 4.39 Å². The van der Waals surface area contributed by atoms with Crippen molar-refractivity contribution in [2.75, 3.05) is 26.9 Å². The highest BCUT2D eigenvalue weighted by Crippen LogP contribution is 2.40. The molecule has 6 nitrogen and oxygen atoms in total. The van der Waals surface area contributed by atoms with Crippen molar-refractivity contribution in [3.63, 3.8) is 0 Å². The van der Waals surface area contributed by atoms with Crippen LogP contribution in [0.2, 0.25) is 5.02 Å². The lowest BCUT2D eigenvalue weighted by Gasteiger charge is -2.25. The molecule has 1 aliphatic heterocycles. The number of halogens is 2. The Kier molecular flexibility index (Phi) is 6.74. The van der Waals surface area contributed by atoms with Gasteiger partial charge in [-0.3, -0.25) is 9.59 Å². The maximum absolute atomic E-state index is 13.4. The zero-order valence-corrected chi connectivity index (χ0v) is 17.3. The lowest BCUT2D eigenvalue weighted by molar-refractivity contribution is -0.140. The summed E-state index contributed by atoms with van der Waals surface area (Å²) in [5, 5.41) is 11.2. The first-order valence-electron chi connectivity index (χ1n) is 9.34. The summed E-state index contributed by atoms with van der Waals surface area (Å²) < 4.78 is 23.9. The average molecular weight is 434 g/mol. The lowest BCUT2D eigenvalue weighted by atomic mass is 9.95. The minimum Gasteiger partial charge on any atom is -0.507 e. The van der Waals surface area contributed by atoms with Crippen molar-refractivity contribution in [1.29, 1.82) is 0 Å². The number of carbonyl (C=O) groups is 2. The molecule has 0 saturated carbocycles. The van der Waals surface area contributed by atoms with E-state index in [0.29, 0.717) is 17.9 Å². The third kappa shape index (κ3) is 4.17. The maximum Gasteiger partial charge on any atom is 0.295 e. The smallest absolute Gasteiger partial charge is 0.295 e. The van der Waals surface area contributed by atoms with Gasteiger partial charge >= 0.3 is 0 Å². The summed E-state index contributed by atoms with van der Waals surface area (Å²) in [5.74, 6) is -1.98. The SMILES string of the molecule is CCOc1ccc(/C(O)=C2/C(=O)C(=O)N(CCOC)C2c2ccc(F)cc2)cc1Cl. The van der Waals surface area contributed by atoms with Crippen LogP contribution in [0.1, 0.15) is 24.1 Å². The van der Waals surface area contributed by atoms with Crippen LogP contribution in [-0.4, -0.2) is 48.6 Å². The number of ether oxygens (including phenoxy) is 2. The Labute approximate surface area is 178 Å². The first kappa shape index (κ1) is 21.8. The fourth-order valence-electron chi connectivity index (χ4n) is 3.37. The molecule has 0 bridgehead atoms. The van der Waals surface area contributed by atoms with Crippen molar-refractivity contribution < 1.29 is 28.6 Å². The van der Waals surface area contributed by atoms with Crippen LogP contribution in [0.3, 0.4) is 0 Å². The van der Waals surface area contributed by atoms with E-state index in [9.17, 15) is 19.1 Å². The molecule has 2 aromatic rings. The molecule has 8 heteroatoms. The number of benzene rings is 2. The number of ketones is 1. The van der Waals surface area contributed by atoms with Crippen LogP contribution in [0.25, 0.3) is 5.76 Å². The molecule has 3 rings (SSSR count). The zero-order chi connectivity index (χ0) is 21.8. The molecular formula is C22H21ClFNO5.